The lowest BCUT2D eigenvalue weighted by Crippen LogP contribution is -2.25. The molecule has 1 aromatic heterocycles. The fraction of sp³-hybridized carbons (Fsp3) is 0.267. The minimum atomic E-state index is -0.353. The molecule has 0 fully saturated rings. The summed E-state index contributed by atoms with van der Waals surface area (Å²) in [6, 6.07) is 5.36. The number of amides is 1. The number of nitrogens with one attached hydrogen (secondary N) is 1. The average Bonchev–Trinajstić information content (AvgIpc) is 2.45. The zero-order chi connectivity index (χ0) is 15.4. The van der Waals surface area contributed by atoms with Gasteiger partial charge < -0.3 is 11.1 Å². The van der Waals surface area contributed by atoms with Gasteiger partial charge in [-0.15, -0.1) is 0 Å². The third-order valence-corrected chi connectivity index (χ3v) is 3.21. The maximum absolute atomic E-state index is 12.0. The van der Waals surface area contributed by atoms with Crippen molar-refractivity contribution in [1.82, 2.24) is 9.55 Å². The normalized spacial score (nSPS) is 10.4. The second kappa shape index (κ2) is 6.21. The van der Waals surface area contributed by atoms with Crippen LogP contribution in [-0.2, 0) is 11.3 Å². The molecule has 0 aliphatic heterocycles. The highest BCUT2D eigenvalue weighted by Crippen LogP contribution is 2.20. The van der Waals surface area contributed by atoms with E-state index in [1.807, 2.05) is 13.8 Å². The zero-order valence-corrected chi connectivity index (χ0v) is 12.1. The summed E-state index contributed by atoms with van der Waals surface area (Å²) in [4.78, 5) is 27.2. The number of aromatic nitrogens is 2. The van der Waals surface area contributed by atoms with Crippen molar-refractivity contribution in [3.8, 4) is 0 Å². The minimum absolute atomic E-state index is 0.169. The van der Waals surface area contributed by atoms with Crippen molar-refractivity contribution in [2.75, 3.05) is 11.1 Å². The molecular formula is C15H18N4O2. The number of benzene rings is 1. The van der Waals surface area contributed by atoms with Crippen molar-refractivity contribution in [1.29, 1.82) is 0 Å². The van der Waals surface area contributed by atoms with Crippen LogP contribution < -0.4 is 16.7 Å². The average molecular weight is 286 g/mol. The smallest absolute Gasteiger partial charge is 0.347 e. The zero-order valence-electron chi connectivity index (χ0n) is 12.1. The molecule has 0 aliphatic rings. The first-order valence-electron chi connectivity index (χ1n) is 6.65. The Morgan fingerprint density at radius 2 is 2.14 bits per heavy atom. The summed E-state index contributed by atoms with van der Waals surface area (Å²) >= 11 is 0. The predicted molar refractivity (Wildman–Crippen MR) is 82.1 cm³/mol. The van der Waals surface area contributed by atoms with E-state index in [0.717, 1.165) is 11.1 Å². The molecular weight excluding hydrogens is 268 g/mol. The van der Waals surface area contributed by atoms with Crippen molar-refractivity contribution in [2.45, 2.75) is 26.8 Å². The lowest BCUT2D eigenvalue weighted by molar-refractivity contribution is -0.116. The number of nitrogens with zero attached hydrogens (tertiary/aromatic N) is 2. The summed E-state index contributed by atoms with van der Waals surface area (Å²) in [6.45, 7) is 3.99. The Kier molecular flexibility index (Phi) is 4.37. The first kappa shape index (κ1) is 14.8. The van der Waals surface area contributed by atoms with E-state index >= 15 is 0 Å². The fourth-order valence-electron chi connectivity index (χ4n) is 1.95. The summed E-state index contributed by atoms with van der Waals surface area (Å²) in [5.74, 6) is -0.169. The Labute approximate surface area is 122 Å². The molecule has 0 saturated carbocycles. The molecule has 0 atom stereocenters. The highest BCUT2D eigenvalue weighted by atomic mass is 16.2. The number of carbonyl (C=O) groups excluding carboxylic acids is 1. The molecule has 0 spiro atoms. The van der Waals surface area contributed by atoms with Gasteiger partial charge in [0.2, 0.25) is 5.91 Å². The Hall–Kier alpha value is -2.63. The van der Waals surface area contributed by atoms with Gasteiger partial charge in [-0.2, -0.15) is 0 Å². The lowest BCUT2D eigenvalue weighted by Gasteiger charge is -2.10. The SMILES string of the molecule is Cc1cnc(=O)n(CCC(=O)Nc2cccc(N)c2C)c1. The molecule has 0 radical (unpaired) electrons. The molecule has 0 saturated heterocycles. The molecule has 0 aliphatic carbocycles. The van der Waals surface area contributed by atoms with Crippen LogP contribution in [0.3, 0.4) is 0 Å². The Bertz CT molecular complexity index is 722. The van der Waals surface area contributed by atoms with Crippen LogP contribution in [0.15, 0.2) is 35.4 Å². The standard InChI is InChI=1S/C15H18N4O2/c1-10-8-17-15(21)19(9-10)7-6-14(20)18-13-5-3-4-12(16)11(13)2/h3-5,8-9H,6-7,16H2,1-2H3,(H,18,20). The molecule has 2 aromatic rings. The summed E-state index contributed by atoms with van der Waals surface area (Å²) in [5, 5.41) is 2.80. The van der Waals surface area contributed by atoms with Gasteiger partial charge in [0, 0.05) is 36.7 Å². The van der Waals surface area contributed by atoms with Gasteiger partial charge in [-0.1, -0.05) is 6.07 Å². The minimum Gasteiger partial charge on any atom is -0.398 e. The van der Waals surface area contributed by atoms with Gasteiger partial charge in [0.1, 0.15) is 0 Å². The third-order valence-electron chi connectivity index (χ3n) is 3.21. The van der Waals surface area contributed by atoms with Crippen molar-refractivity contribution in [3.63, 3.8) is 0 Å². The van der Waals surface area contributed by atoms with Gasteiger partial charge >= 0.3 is 5.69 Å². The quantitative estimate of drug-likeness (QED) is 0.833. The van der Waals surface area contributed by atoms with E-state index in [1.54, 1.807) is 24.4 Å². The second-order valence-electron chi connectivity index (χ2n) is 4.93. The maximum Gasteiger partial charge on any atom is 0.347 e. The molecule has 0 bridgehead atoms. The van der Waals surface area contributed by atoms with E-state index < -0.39 is 0 Å². The van der Waals surface area contributed by atoms with Gasteiger partial charge in [0.05, 0.1) is 0 Å². The van der Waals surface area contributed by atoms with Crippen LogP contribution in [0.5, 0.6) is 0 Å². The number of aryl methyl sites for hydroxylation is 2. The van der Waals surface area contributed by atoms with E-state index in [0.29, 0.717) is 17.9 Å². The second-order valence-corrected chi connectivity index (χ2v) is 4.93. The topological polar surface area (TPSA) is 90.0 Å². The van der Waals surface area contributed by atoms with Crippen LogP contribution in [0.25, 0.3) is 0 Å². The summed E-state index contributed by atoms with van der Waals surface area (Å²) in [5.41, 5.74) is 8.47. The number of hydrogen-bond acceptors (Lipinski definition) is 4. The number of nitrogen functional groups attached to an aromatic ring is 1. The van der Waals surface area contributed by atoms with Crippen LogP contribution in [0.1, 0.15) is 17.5 Å². The Morgan fingerprint density at radius 1 is 1.38 bits per heavy atom. The van der Waals surface area contributed by atoms with Crippen molar-refractivity contribution in [2.24, 2.45) is 0 Å². The molecule has 3 N–H and O–H groups in total. The van der Waals surface area contributed by atoms with E-state index in [-0.39, 0.29) is 18.0 Å². The molecule has 1 aromatic carbocycles. The molecule has 110 valence electrons. The van der Waals surface area contributed by atoms with Crippen LogP contribution >= 0.6 is 0 Å². The first-order valence-corrected chi connectivity index (χ1v) is 6.65. The Morgan fingerprint density at radius 3 is 2.90 bits per heavy atom. The van der Waals surface area contributed by atoms with E-state index in [2.05, 4.69) is 10.3 Å². The molecule has 0 unspecified atom stereocenters. The number of hydrogen-bond donors (Lipinski definition) is 2. The molecule has 1 heterocycles. The molecule has 21 heavy (non-hydrogen) atoms. The predicted octanol–water partition coefficient (Wildman–Crippen LogP) is 1.47. The van der Waals surface area contributed by atoms with Gasteiger partial charge in [-0.25, -0.2) is 9.78 Å². The number of nitrogens with two attached hydrogens (primary N) is 1. The van der Waals surface area contributed by atoms with Crippen LogP contribution in [0.2, 0.25) is 0 Å². The first-order chi connectivity index (χ1) is 9.97. The number of carbonyl (C=O) groups is 1. The third kappa shape index (κ3) is 3.68. The fourth-order valence-corrected chi connectivity index (χ4v) is 1.95. The Balaban J connectivity index is 2.01. The molecule has 6 nitrogen and oxygen atoms in total. The largest absolute Gasteiger partial charge is 0.398 e. The highest BCUT2D eigenvalue weighted by Gasteiger charge is 2.07. The van der Waals surface area contributed by atoms with Gasteiger partial charge in [-0.3, -0.25) is 9.36 Å². The van der Waals surface area contributed by atoms with Crippen molar-refractivity contribution >= 4 is 17.3 Å². The van der Waals surface area contributed by atoms with E-state index in [9.17, 15) is 9.59 Å². The van der Waals surface area contributed by atoms with Crippen molar-refractivity contribution < 1.29 is 4.79 Å². The van der Waals surface area contributed by atoms with E-state index in [1.165, 1.54) is 10.8 Å². The van der Waals surface area contributed by atoms with Crippen molar-refractivity contribution in [3.05, 3.63) is 52.2 Å². The molecule has 6 heteroatoms. The van der Waals surface area contributed by atoms with Crippen LogP contribution in [0, 0.1) is 13.8 Å². The monoisotopic (exact) mass is 286 g/mol. The van der Waals surface area contributed by atoms with Crippen LogP contribution in [-0.4, -0.2) is 15.5 Å². The number of anilines is 2. The van der Waals surface area contributed by atoms with Gasteiger partial charge in [0.25, 0.3) is 0 Å². The number of rotatable bonds is 4. The lowest BCUT2D eigenvalue weighted by atomic mass is 10.1. The summed E-state index contributed by atoms with van der Waals surface area (Å²) in [7, 11) is 0. The maximum atomic E-state index is 12.0. The summed E-state index contributed by atoms with van der Waals surface area (Å²) < 4.78 is 1.43. The van der Waals surface area contributed by atoms with Gasteiger partial charge in [0.15, 0.2) is 0 Å². The molecule has 2 rings (SSSR count). The van der Waals surface area contributed by atoms with Gasteiger partial charge in [-0.05, 0) is 37.1 Å². The highest BCUT2D eigenvalue weighted by molar-refractivity contribution is 5.92. The van der Waals surface area contributed by atoms with Crippen LogP contribution in [0.4, 0.5) is 11.4 Å². The van der Waals surface area contributed by atoms with E-state index in [4.69, 9.17) is 5.73 Å². The summed E-state index contributed by atoms with van der Waals surface area (Å²) in [6.07, 6.45) is 3.39. The molecule has 1 amide bonds.